The Morgan fingerprint density at radius 2 is 2.40 bits per heavy atom. The molecular weight excluding hydrogens is 196 g/mol. The van der Waals surface area contributed by atoms with Crippen LogP contribution in [-0.4, -0.2) is 52.0 Å². The number of carbonyl (C=O) groups excluding carboxylic acids is 1. The van der Waals surface area contributed by atoms with Gasteiger partial charge in [0.2, 0.25) is 5.91 Å². The number of hydrogen-bond acceptors (Lipinski definition) is 4. The van der Waals surface area contributed by atoms with Crippen molar-refractivity contribution in [3.8, 4) is 0 Å². The van der Waals surface area contributed by atoms with E-state index in [1.165, 1.54) is 0 Å². The van der Waals surface area contributed by atoms with E-state index in [2.05, 4.69) is 10.6 Å². The molecule has 1 saturated heterocycles. The largest absolute Gasteiger partial charge is 0.382 e. The summed E-state index contributed by atoms with van der Waals surface area (Å²) in [6.45, 7) is 3.03. The molecule has 1 amide bonds. The van der Waals surface area contributed by atoms with Crippen LogP contribution in [0.1, 0.15) is 12.8 Å². The molecule has 1 aliphatic rings. The Balaban J connectivity index is 2.01. The number of piperidine rings is 1. The minimum atomic E-state index is -0.0418. The van der Waals surface area contributed by atoms with Crippen molar-refractivity contribution in [1.82, 2.24) is 10.6 Å². The lowest BCUT2D eigenvalue weighted by Crippen LogP contribution is -2.46. The van der Waals surface area contributed by atoms with Crippen LogP contribution in [0.15, 0.2) is 0 Å². The molecule has 0 aromatic heterocycles. The van der Waals surface area contributed by atoms with Crippen LogP contribution in [0.3, 0.4) is 0 Å². The molecule has 0 aromatic carbocycles. The van der Waals surface area contributed by atoms with E-state index >= 15 is 0 Å². The molecule has 0 saturated carbocycles. The normalized spacial score (nSPS) is 21.3. The molecule has 0 aromatic rings. The molecular formula is C10H20N2O3. The summed E-state index contributed by atoms with van der Waals surface area (Å²) in [6.07, 6.45) is 2.17. The zero-order valence-electron chi connectivity index (χ0n) is 9.25. The van der Waals surface area contributed by atoms with Crippen LogP contribution in [0.4, 0.5) is 0 Å². The molecule has 1 atom stereocenters. The number of amides is 1. The highest BCUT2D eigenvalue weighted by atomic mass is 16.5. The third-order valence-corrected chi connectivity index (χ3v) is 2.33. The van der Waals surface area contributed by atoms with Crippen molar-refractivity contribution in [3.63, 3.8) is 0 Å². The van der Waals surface area contributed by atoms with Crippen LogP contribution in [0.5, 0.6) is 0 Å². The van der Waals surface area contributed by atoms with E-state index < -0.39 is 0 Å². The van der Waals surface area contributed by atoms with Crippen LogP contribution in [0, 0.1) is 0 Å². The summed E-state index contributed by atoms with van der Waals surface area (Å²) in [5.74, 6) is -0.0418. The maximum atomic E-state index is 11.4. The molecule has 2 N–H and O–H groups in total. The van der Waals surface area contributed by atoms with Gasteiger partial charge in [-0.1, -0.05) is 0 Å². The smallest absolute Gasteiger partial charge is 0.246 e. The summed E-state index contributed by atoms with van der Waals surface area (Å²) < 4.78 is 9.93. The van der Waals surface area contributed by atoms with Gasteiger partial charge < -0.3 is 20.1 Å². The zero-order chi connectivity index (χ0) is 10.9. The van der Waals surface area contributed by atoms with Crippen molar-refractivity contribution in [1.29, 1.82) is 0 Å². The zero-order valence-corrected chi connectivity index (χ0v) is 9.25. The van der Waals surface area contributed by atoms with E-state index in [-0.39, 0.29) is 18.6 Å². The molecule has 1 fully saturated rings. The highest BCUT2D eigenvalue weighted by Crippen LogP contribution is 2.00. The number of carbonyl (C=O) groups is 1. The summed E-state index contributed by atoms with van der Waals surface area (Å²) in [4.78, 5) is 11.4. The second-order valence-electron chi connectivity index (χ2n) is 3.66. The predicted octanol–water partition coefficient (Wildman–Crippen LogP) is -0.482. The first kappa shape index (κ1) is 12.4. The van der Waals surface area contributed by atoms with E-state index in [1.807, 2.05) is 0 Å². The quantitative estimate of drug-likeness (QED) is 0.589. The van der Waals surface area contributed by atoms with Gasteiger partial charge in [-0.2, -0.15) is 0 Å². The molecule has 0 radical (unpaired) electrons. The molecule has 1 aliphatic heterocycles. The molecule has 0 spiro atoms. The Hall–Kier alpha value is -0.650. The van der Waals surface area contributed by atoms with Gasteiger partial charge in [0, 0.05) is 19.7 Å². The van der Waals surface area contributed by atoms with Crippen molar-refractivity contribution < 1.29 is 14.3 Å². The monoisotopic (exact) mass is 216 g/mol. The van der Waals surface area contributed by atoms with Crippen LogP contribution in [0.25, 0.3) is 0 Å². The molecule has 0 unspecified atom stereocenters. The molecule has 88 valence electrons. The van der Waals surface area contributed by atoms with Crippen molar-refractivity contribution in [3.05, 3.63) is 0 Å². The van der Waals surface area contributed by atoms with Crippen LogP contribution < -0.4 is 10.6 Å². The Bertz CT molecular complexity index is 182. The Morgan fingerprint density at radius 1 is 1.53 bits per heavy atom. The first-order valence-corrected chi connectivity index (χ1v) is 5.39. The maximum absolute atomic E-state index is 11.4. The van der Waals surface area contributed by atoms with Crippen LogP contribution in [-0.2, 0) is 14.3 Å². The third kappa shape index (κ3) is 5.71. The topological polar surface area (TPSA) is 59.6 Å². The lowest BCUT2D eigenvalue weighted by Gasteiger charge is -2.23. The fourth-order valence-corrected chi connectivity index (χ4v) is 1.55. The first-order chi connectivity index (χ1) is 7.33. The number of hydrogen-bond donors (Lipinski definition) is 2. The molecule has 1 rings (SSSR count). The van der Waals surface area contributed by atoms with Crippen molar-refractivity contribution in [2.45, 2.75) is 18.9 Å². The van der Waals surface area contributed by atoms with Gasteiger partial charge >= 0.3 is 0 Å². The van der Waals surface area contributed by atoms with E-state index in [0.29, 0.717) is 13.2 Å². The number of ether oxygens (including phenoxy) is 2. The van der Waals surface area contributed by atoms with Crippen LogP contribution >= 0.6 is 0 Å². The van der Waals surface area contributed by atoms with E-state index in [4.69, 9.17) is 9.47 Å². The van der Waals surface area contributed by atoms with Gasteiger partial charge in [-0.05, 0) is 19.4 Å². The summed E-state index contributed by atoms with van der Waals surface area (Å²) in [5.41, 5.74) is 0. The molecule has 5 heteroatoms. The van der Waals surface area contributed by atoms with Gasteiger partial charge in [0.25, 0.3) is 0 Å². The van der Waals surface area contributed by atoms with Crippen molar-refractivity contribution in [2.24, 2.45) is 0 Å². The van der Waals surface area contributed by atoms with E-state index in [0.717, 1.165) is 25.9 Å². The average molecular weight is 216 g/mol. The number of rotatable bonds is 6. The Morgan fingerprint density at radius 3 is 3.07 bits per heavy atom. The molecule has 0 aliphatic carbocycles. The fraction of sp³-hybridized carbons (Fsp3) is 0.900. The number of methoxy groups -OCH3 is 1. The van der Waals surface area contributed by atoms with E-state index in [9.17, 15) is 4.79 Å². The summed E-state index contributed by atoms with van der Waals surface area (Å²) in [5, 5.41) is 6.17. The average Bonchev–Trinajstić information content (AvgIpc) is 2.26. The van der Waals surface area contributed by atoms with Crippen LogP contribution in [0.2, 0.25) is 0 Å². The fourth-order valence-electron chi connectivity index (χ4n) is 1.55. The van der Waals surface area contributed by atoms with Gasteiger partial charge in [0.05, 0.1) is 13.2 Å². The number of nitrogens with one attached hydrogen (secondary N) is 2. The van der Waals surface area contributed by atoms with Gasteiger partial charge in [0.15, 0.2) is 0 Å². The summed E-state index contributed by atoms with van der Waals surface area (Å²) in [7, 11) is 1.61. The maximum Gasteiger partial charge on any atom is 0.246 e. The molecule has 5 nitrogen and oxygen atoms in total. The van der Waals surface area contributed by atoms with Gasteiger partial charge in [0.1, 0.15) is 6.61 Å². The minimum Gasteiger partial charge on any atom is -0.382 e. The van der Waals surface area contributed by atoms with Gasteiger partial charge in [-0.15, -0.1) is 0 Å². The molecule has 15 heavy (non-hydrogen) atoms. The predicted molar refractivity (Wildman–Crippen MR) is 56.7 cm³/mol. The van der Waals surface area contributed by atoms with Gasteiger partial charge in [-0.25, -0.2) is 0 Å². The summed E-state index contributed by atoms with van der Waals surface area (Å²) >= 11 is 0. The second kappa shape index (κ2) is 7.62. The molecule has 1 heterocycles. The highest BCUT2D eigenvalue weighted by Gasteiger charge is 2.14. The SMILES string of the molecule is COCCOCC(=O)N[C@H]1CCCNC1. The first-order valence-electron chi connectivity index (χ1n) is 5.39. The van der Waals surface area contributed by atoms with Crippen molar-refractivity contribution in [2.75, 3.05) is 40.0 Å². The lowest BCUT2D eigenvalue weighted by atomic mass is 10.1. The Labute approximate surface area is 90.5 Å². The second-order valence-corrected chi connectivity index (χ2v) is 3.66. The lowest BCUT2D eigenvalue weighted by molar-refractivity contribution is -0.126. The minimum absolute atomic E-state index is 0.0418. The third-order valence-electron chi connectivity index (χ3n) is 2.33. The highest BCUT2D eigenvalue weighted by molar-refractivity contribution is 5.77. The Kier molecular flexibility index (Phi) is 6.31. The standard InChI is InChI=1S/C10H20N2O3/c1-14-5-6-15-8-10(13)12-9-3-2-4-11-7-9/h9,11H,2-8H2,1H3,(H,12,13)/t9-/m0/s1. The van der Waals surface area contributed by atoms with Crippen molar-refractivity contribution >= 4 is 5.91 Å². The molecule has 0 bridgehead atoms. The van der Waals surface area contributed by atoms with Gasteiger partial charge in [-0.3, -0.25) is 4.79 Å². The van der Waals surface area contributed by atoms with E-state index in [1.54, 1.807) is 7.11 Å². The summed E-state index contributed by atoms with van der Waals surface area (Å²) in [6, 6.07) is 0.261.